The minimum Gasteiger partial charge on any atom is -0.309 e. The van der Waals surface area contributed by atoms with Gasteiger partial charge in [-0.3, -0.25) is 4.68 Å². The molecule has 1 aliphatic carbocycles. The minimum absolute atomic E-state index is 0.462. The predicted molar refractivity (Wildman–Crippen MR) is 71.4 cm³/mol. The maximum Gasteiger partial charge on any atom is 0.0762 e. The van der Waals surface area contributed by atoms with E-state index in [2.05, 4.69) is 34.3 Å². The van der Waals surface area contributed by atoms with Gasteiger partial charge in [-0.2, -0.15) is 5.10 Å². The van der Waals surface area contributed by atoms with Gasteiger partial charge in [0, 0.05) is 24.7 Å². The lowest BCUT2D eigenvalue weighted by Crippen LogP contribution is -2.26. The highest BCUT2D eigenvalue weighted by molar-refractivity contribution is 6.17. The summed E-state index contributed by atoms with van der Waals surface area (Å²) in [5, 5.41) is 8.09. The molecule has 0 aromatic carbocycles. The lowest BCUT2D eigenvalue weighted by atomic mass is 10.2. The van der Waals surface area contributed by atoms with Crippen molar-refractivity contribution in [2.45, 2.75) is 57.7 Å². The largest absolute Gasteiger partial charge is 0.309 e. The summed E-state index contributed by atoms with van der Waals surface area (Å²) in [6.07, 6.45) is 8.41. The lowest BCUT2D eigenvalue weighted by molar-refractivity contribution is 0.456. The number of aromatic nitrogens is 2. The molecule has 0 spiro atoms. The van der Waals surface area contributed by atoms with Crippen LogP contribution in [0.3, 0.4) is 0 Å². The van der Waals surface area contributed by atoms with Gasteiger partial charge in [0.25, 0.3) is 0 Å². The standard InChI is InChI=1S/C13H22ClN3/c1-11(6-8-14)15-10-12-7-9-17(16-12)13-4-2-3-5-13/h7,9,11,13,15H,2-6,8,10H2,1H3. The molecule has 0 amide bonds. The van der Waals surface area contributed by atoms with Crippen LogP contribution in [-0.4, -0.2) is 21.7 Å². The second-order valence-corrected chi connectivity index (χ2v) is 5.36. The zero-order chi connectivity index (χ0) is 12.1. The van der Waals surface area contributed by atoms with Crippen molar-refractivity contribution < 1.29 is 0 Å². The van der Waals surface area contributed by atoms with Crippen LogP contribution >= 0.6 is 11.6 Å². The van der Waals surface area contributed by atoms with Crippen molar-refractivity contribution >= 4 is 11.6 Å². The Morgan fingerprint density at radius 3 is 3.00 bits per heavy atom. The quantitative estimate of drug-likeness (QED) is 0.792. The van der Waals surface area contributed by atoms with Crippen LogP contribution in [0.2, 0.25) is 0 Å². The van der Waals surface area contributed by atoms with Gasteiger partial charge < -0.3 is 5.32 Å². The summed E-state index contributed by atoms with van der Waals surface area (Å²) < 4.78 is 2.15. The Morgan fingerprint density at radius 2 is 2.29 bits per heavy atom. The Bertz CT molecular complexity index is 331. The van der Waals surface area contributed by atoms with Crippen molar-refractivity contribution in [1.82, 2.24) is 15.1 Å². The first-order valence-corrected chi connectivity index (χ1v) is 7.16. The van der Waals surface area contributed by atoms with Crippen molar-refractivity contribution in [2.24, 2.45) is 0 Å². The maximum atomic E-state index is 5.71. The Morgan fingerprint density at radius 1 is 1.53 bits per heavy atom. The van der Waals surface area contributed by atoms with Crippen LogP contribution in [-0.2, 0) is 6.54 Å². The van der Waals surface area contributed by atoms with E-state index in [1.54, 1.807) is 0 Å². The molecule has 0 bridgehead atoms. The van der Waals surface area contributed by atoms with E-state index >= 15 is 0 Å². The van der Waals surface area contributed by atoms with Crippen LogP contribution in [0.1, 0.15) is 50.8 Å². The van der Waals surface area contributed by atoms with Gasteiger partial charge in [-0.25, -0.2) is 0 Å². The summed E-state index contributed by atoms with van der Waals surface area (Å²) in [4.78, 5) is 0. The van der Waals surface area contributed by atoms with E-state index in [4.69, 9.17) is 11.6 Å². The van der Waals surface area contributed by atoms with Crippen molar-refractivity contribution in [1.29, 1.82) is 0 Å². The highest BCUT2D eigenvalue weighted by Gasteiger charge is 2.17. The summed E-state index contributed by atoms with van der Waals surface area (Å²) >= 11 is 5.71. The van der Waals surface area contributed by atoms with Gasteiger partial charge in [-0.15, -0.1) is 11.6 Å². The average Bonchev–Trinajstić information content (AvgIpc) is 2.97. The first-order valence-electron chi connectivity index (χ1n) is 6.63. The molecule has 0 saturated heterocycles. The van der Waals surface area contributed by atoms with Crippen molar-refractivity contribution in [3.05, 3.63) is 18.0 Å². The fourth-order valence-electron chi connectivity index (χ4n) is 2.39. The Balaban J connectivity index is 1.81. The van der Waals surface area contributed by atoms with Gasteiger partial charge in [-0.05, 0) is 32.3 Å². The first-order chi connectivity index (χ1) is 8.29. The van der Waals surface area contributed by atoms with E-state index in [-0.39, 0.29) is 0 Å². The second-order valence-electron chi connectivity index (χ2n) is 4.98. The summed E-state index contributed by atoms with van der Waals surface area (Å²) in [6.45, 7) is 3.01. The number of nitrogens with one attached hydrogen (secondary N) is 1. The monoisotopic (exact) mass is 255 g/mol. The Kier molecular flexibility index (Phi) is 4.86. The Hall–Kier alpha value is -0.540. The van der Waals surface area contributed by atoms with E-state index < -0.39 is 0 Å². The van der Waals surface area contributed by atoms with Crippen LogP contribution in [0.5, 0.6) is 0 Å². The molecule has 1 aromatic rings. The Labute approximate surface area is 109 Å². The average molecular weight is 256 g/mol. The molecule has 1 aromatic heterocycles. The fraction of sp³-hybridized carbons (Fsp3) is 0.769. The second kappa shape index (κ2) is 6.41. The van der Waals surface area contributed by atoms with E-state index in [9.17, 15) is 0 Å². The van der Waals surface area contributed by atoms with Crippen LogP contribution < -0.4 is 5.32 Å². The number of hydrogen-bond donors (Lipinski definition) is 1. The molecule has 17 heavy (non-hydrogen) atoms. The molecule has 3 nitrogen and oxygen atoms in total. The van der Waals surface area contributed by atoms with E-state index in [0.717, 1.165) is 18.7 Å². The highest BCUT2D eigenvalue weighted by Crippen LogP contribution is 2.28. The van der Waals surface area contributed by atoms with Crippen LogP contribution in [0.15, 0.2) is 12.3 Å². The van der Waals surface area contributed by atoms with E-state index in [0.29, 0.717) is 18.0 Å². The SMILES string of the molecule is CC(CCCl)NCc1ccn(C2CCCC2)n1. The first kappa shape index (κ1) is 12.9. The molecule has 0 aliphatic heterocycles. The summed E-state index contributed by atoms with van der Waals surface area (Å²) in [5.41, 5.74) is 1.14. The van der Waals surface area contributed by atoms with Gasteiger partial charge in [0.2, 0.25) is 0 Å². The summed E-state index contributed by atoms with van der Waals surface area (Å²) in [5.74, 6) is 0.713. The third-order valence-corrected chi connectivity index (χ3v) is 3.75. The van der Waals surface area contributed by atoms with Crippen LogP contribution in [0.4, 0.5) is 0 Å². The molecule has 1 atom stereocenters. The number of rotatable bonds is 6. The van der Waals surface area contributed by atoms with Crippen LogP contribution in [0, 0.1) is 0 Å². The summed E-state index contributed by atoms with van der Waals surface area (Å²) in [6, 6.07) is 3.23. The third-order valence-electron chi connectivity index (χ3n) is 3.54. The zero-order valence-electron chi connectivity index (χ0n) is 10.5. The molecule has 1 fully saturated rings. The van der Waals surface area contributed by atoms with Crippen molar-refractivity contribution in [3.8, 4) is 0 Å². The van der Waals surface area contributed by atoms with Gasteiger partial charge in [0.05, 0.1) is 11.7 Å². The molecular weight excluding hydrogens is 234 g/mol. The summed E-state index contributed by atoms with van der Waals surface area (Å²) in [7, 11) is 0. The smallest absolute Gasteiger partial charge is 0.0762 e. The number of hydrogen-bond acceptors (Lipinski definition) is 2. The molecule has 4 heteroatoms. The molecule has 1 N–H and O–H groups in total. The highest BCUT2D eigenvalue weighted by atomic mass is 35.5. The maximum absolute atomic E-state index is 5.71. The van der Waals surface area contributed by atoms with E-state index in [1.165, 1.54) is 25.7 Å². The predicted octanol–water partition coefficient (Wildman–Crippen LogP) is 3.11. The lowest BCUT2D eigenvalue weighted by Gasteiger charge is -2.11. The van der Waals surface area contributed by atoms with Crippen molar-refractivity contribution in [3.63, 3.8) is 0 Å². The van der Waals surface area contributed by atoms with Gasteiger partial charge >= 0.3 is 0 Å². The molecule has 1 aliphatic rings. The van der Waals surface area contributed by atoms with Gasteiger partial charge in [0.1, 0.15) is 0 Å². The fourth-order valence-corrected chi connectivity index (χ4v) is 2.72. The third kappa shape index (κ3) is 3.71. The number of halogens is 1. The molecule has 1 heterocycles. The molecular formula is C13H22ClN3. The molecule has 1 unspecified atom stereocenters. The van der Waals surface area contributed by atoms with Gasteiger partial charge in [-0.1, -0.05) is 12.8 Å². The molecule has 0 radical (unpaired) electrons. The van der Waals surface area contributed by atoms with E-state index in [1.807, 2.05) is 0 Å². The molecule has 1 saturated carbocycles. The number of nitrogens with zero attached hydrogens (tertiary/aromatic N) is 2. The topological polar surface area (TPSA) is 29.9 Å². The van der Waals surface area contributed by atoms with Crippen molar-refractivity contribution in [2.75, 3.05) is 5.88 Å². The molecule has 2 rings (SSSR count). The van der Waals surface area contributed by atoms with Crippen LogP contribution in [0.25, 0.3) is 0 Å². The normalized spacial score (nSPS) is 18.7. The minimum atomic E-state index is 0.462. The zero-order valence-corrected chi connectivity index (χ0v) is 11.3. The van der Waals surface area contributed by atoms with Gasteiger partial charge in [0.15, 0.2) is 0 Å². The molecule has 96 valence electrons. The number of alkyl halides is 1.